The number of aryl methyl sites for hydroxylation is 1. The van der Waals surface area contributed by atoms with E-state index in [1.807, 2.05) is 19.3 Å². The molecule has 0 radical (unpaired) electrons. The molecule has 84 valence electrons. The van der Waals surface area contributed by atoms with Gasteiger partial charge in [0.05, 0.1) is 0 Å². The van der Waals surface area contributed by atoms with Gasteiger partial charge in [-0.05, 0) is 25.5 Å². The molecule has 0 aromatic carbocycles. The molecule has 4 heteroatoms. The van der Waals surface area contributed by atoms with Crippen molar-refractivity contribution in [3.8, 4) is 0 Å². The van der Waals surface area contributed by atoms with E-state index in [0.29, 0.717) is 0 Å². The zero-order valence-corrected chi connectivity index (χ0v) is 10.3. The van der Waals surface area contributed by atoms with E-state index in [9.17, 15) is 0 Å². The number of unbranched alkanes of at least 4 members (excludes halogenated alkanes) is 1. The van der Waals surface area contributed by atoms with Crippen LogP contribution in [0.15, 0.2) is 17.6 Å². The zero-order valence-electron chi connectivity index (χ0n) is 9.49. The van der Waals surface area contributed by atoms with Gasteiger partial charge in [-0.15, -0.1) is 0 Å². The van der Waals surface area contributed by atoms with Gasteiger partial charge in [0.2, 0.25) is 0 Å². The van der Waals surface area contributed by atoms with Gasteiger partial charge in [0.1, 0.15) is 0 Å². The van der Waals surface area contributed by atoms with Crippen molar-refractivity contribution < 1.29 is 0 Å². The van der Waals surface area contributed by atoms with E-state index in [-0.39, 0.29) is 0 Å². The number of aromatic nitrogens is 2. The van der Waals surface area contributed by atoms with Gasteiger partial charge in [-0.1, -0.05) is 25.1 Å². The van der Waals surface area contributed by atoms with Crippen molar-refractivity contribution in [2.75, 3.05) is 18.8 Å². The van der Waals surface area contributed by atoms with Crippen molar-refractivity contribution in [2.24, 2.45) is 0 Å². The number of thioether (sulfide) groups is 1. The predicted octanol–water partition coefficient (Wildman–Crippen LogP) is 2.27. The highest BCUT2D eigenvalue weighted by Gasteiger charge is 1.96. The van der Waals surface area contributed by atoms with Crippen molar-refractivity contribution in [3.63, 3.8) is 0 Å². The Labute approximate surface area is 96.1 Å². The lowest BCUT2D eigenvalue weighted by atomic mass is 10.3. The van der Waals surface area contributed by atoms with Gasteiger partial charge < -0.3 is 5.32 Å². The molecule has 0 bridgehead atoms. The first-order valence-electron chi connectivity index (χ1n) is 5.45. The fraction of sp³-hybridized carbons (Fsp3) is 0.636. The number of hydrogen-bond donors (Lipinski definition) is 1. The van der Waals surface area contributed by atoms with Crippen LogP contribution >= 0.6 is 11.8 Å². The van der Waals surface area contributed by atoms with Gasteiger partial charge in [0.15, 0.2) is 5.16 Å². The largest absolute Gasteiger partial charge is 0.316 e. The number of rotatable bonds is 7. The topological polar surface area (TPSA) is 37.8 Å². The first kappa shape index (κ1) is 12.5. The minimum absolute atomic E-state index is 0.873. The maximum Gasteiger partial charge on any atom is 0.187 e. The number of nitrogens with zero attached hydrogens (tertiary/aromatic N) is 2. The van der Waals surface area contributed by atoms with Crippen molar-refractivity contribution in [2.45, 2.75) is 31.8 Å². The van der Waals surface area contributed by atoms with E-state index in [4.69, 9.17) is 0 Å². The van der Waals surface area contributed by atoms with E-state index >= 15 is 0 Å². The highest BCUT2D eigenvalue weighted by atomic mass is 32.2. The molecule has 0 atom stereocenters. The molecule has 0 saturated heterocycles. The summed E-state index contributed by atoms with van der Waals surface area (Å²) in [6.45, 7) is 6.35. The standard InChI is InChI=1S/C11H19N3S/c1-3-4-5-12-6-7-15-11-13-8-10(2)9-14-11/h8-9,12H,3-7H2,1-2H3. The van der Waals surface area contributed by atoms with Crippen molar-refractivity contribution in [3.05, 3.63) is 18.0 Å². The molecule has 1 heterocycles. The average molecular weight is 225 g/mol. The summed E-state index contributed by atoms with van der Waals surface area (Å²) in [7, 11) is 0. The van der Waals surface area contributed by atoms with Crippen LogP contribution < -0.4 is 5.32 Å². The van der Waals surface area contributed by atoms with Crippen molar-refractivity contribution in [1.29, 1.82) is 0 Å². The molecule has 3 nitrogen and oxygen atoms in total. The smallest absolute Gasteiger partial charge is 0.187 e. The van der Waals surface area contributed by atoms with Gasteiger partial charge in [-0.2, -0.15) is 0 Å². The van der Waals surface area contributed by atoms with Crippen LogP contribution in [0.4, 0.5) is 0 Å². The van der Waals surface area contributed by atoms with E-state index in [2.05, 4.69) is 22.2 Å². The molecule has 0 aliphatic carbocycles. The van der Waals surface area contributed by atoms with Crippen molar-refractivity contribution in [1.82, 2.24) is 15.3 Å². The Morgan fingerprint density at radius 2 is 2.00 bits per heavy atom. The molecule has 0 spiro atoms. The summed E-state index contributed by atoms with van der Waals surface area (Å²) in [4.78, 5) is 8.47. The molecule has 15 heavy (non-hydrogen) atoms. The van der Waals surface area contributed by atoms with Crippen LogP contribution in [0.25, 0.3) is 0 Å². The van der Waals surface area contributed by atoms with Gasteiger partial charge in [0, 0.05) is 24.7 Å². The molecule has 1 rings (SSSR count). The fourth-order valence-corrected chi connectivity index (χ4v) is 1.78. The van der Waals surface area contributed by atoms with E-state index in [1.165, 1.54) is 12.8 Å². The van der Waals surface area contributed by atoms with Crippen LogP contribution in [-0.2, 0) is 0 Å². The lowest BCUT2D eigenvalue weighted by Crippen LogP contribution is -2.18. The van der Waals surface area contributed by atoms with Crippen LogP contribution in [0, 0.1) is 6.92 Å². The van der Waals surface area contributed by atoms with Crippen LogP contribution in [0.2, 0.25) is 0 Å². The van der Waals surface area contributed by atoms with Crippen molar-refractivity contribution >= 4 is 11.8 Å². The van der Waals surface area contributed by atoms with Gasteiger partial charge in [-0.3, -0.25) is 0 Å². The summed E-state index contributed by atoms with van der Waals surface area (Å²) in [5.74, 6) is 1.03. The molecule has 1 N–H and O–H groups in total. The second-order valence-corrected chi connectivity index (χ2v) is 4.56. The average Bonchev–Trinajstić information content (AvgIpc) is 2.26. The third-order valence-electron chi connectivity index (χ3n) is 1.97. The minimum atomic E-state index is 0.873. The Kier molecular flexibility index (Phi) is 6.36. The third-order valence-corrected chi connectivity index (χ3v) is 2.85. The molecule has 1 aromatic heterocycles. The molecule has 0 aliphatic heterocycles. The van der Waals surface area contributed by atoms with Gasteiger partial charge in [0.25, 0.3) is 0 Å². The molecule has 0 saturated carbocycles. The lowest BCUT2D eigenvalue weighted by Gasteiger charge is -2.02. The monoisotopic (exact) mass is 225 g/mol. The summed E-state index contributed by atoms with van der Waals surface area (Å²) >= 11 is 1.70. The van der Waals surface area contributed by atoms with Crippen LogP contribution in [-0.4, -0.2) is 28.8 Å². The first-order valence-corrected chi connectivity index (χ1v) is 6.43. The normalized spacial score (nSPS) is 10.5. The fourth-order valence-electron chi connectivity index (χ4n) is 1.10. The minimum Gasteiger partial charge on any atom is -0.316 e. The third kappa shape index (κ3) is 5.74. The van der Waals surface area contributed by atoms with E-state index in [0.717, 1.165) is 29.6 Å². The Hall–Kier alpha value is -0.610. The van der Waals surface area contributed by atoms with Crippen LogP contribution in [0.1, 0.15) is 25.3 Å². The predicted molar refractivity (Wildman–Crippen MR) is 65.3 cm³/mol. The van der Waals surface area contributed by atoms with E-state index in [1.54, 1.807) is 11.8 Å². The van der Waals surface area contributed by atoms with Crippen LogP contribution in [0.3, 0.4) is 0 Å². The Morgan fingerprint density at radius 1 is 1.27 bits per heavy atom. The highest BCUT2D eigenvalue weighted by molar-refractivity contribution is 7.99. The SMILES string of the molecule is CCCCNCCSc1ncc(C)cn1. The first-order chi connectivity index (χ1) is 7.33. The second kappa shape index (κ2) is 7.65. The Balaban J connectivity index is 2.07. The molecular weight excluding hydrogens is 206 g/mol. The molecule has 1 aromatic rings. The maximum absolute atomic E-state index is 4.24. The molecule has 0 unspecified atom stereocenters. The van der Waals surface area contributed by atoms with Gasteiger partial charge >= 0.3 is 0 Å². The highest BCUT2D eigenvalue weighted by Crippen LogP contribution is 2.10. The molecule has 0 amide bonds. The lowest BCUT2D eigenvalue weighted by molar-refractivity contribution is 0.666. The summed E-state index contributed by atoms with van der Waals surface area (Å²) in [5, 5.41) is 4.26. The summed E-state index contributed by atoms with van der Waals surface area (Å²) in [6.07, 6.45) is 6.23. The maximum atomic E-state index is 4.24. The molecule has 0 fully saturated rings. The number of hydrogen-bond acceptors (Lipinski definition) is 4. The quantitative estimate of drug-likeness (QED) is 0.439. The molecular formula is C11H19N3S. The second-order valence-electron chi connectivity index (χ2n) is 3.50. The van der Waals surface area contributed by atoms with E-state index < -0.39 is 0 Å². The summed E-state index contributed by atoms with van der Waals surface area (Å²) < 4.78 is 0. The Morgan fingerprint density at radius 3 is 2.67 bits per heavy atom. The summed E-state index contributed by atoms with van der Waals surface area (Å²) in [6, 6.07) is 0. The molecule has 0 aliphatic rings. The number of nitrogens with one attached hydrogen (secondary N) is 1. The van der Waals surface area contributed by atoms with Crippen LogP contribution in [0.5, 0.6) is 0 Å². The zero-order chi connectivity index (χ0) is 10.9. The van der Waals surface area contributed by atoms with Gasteiger partial charge in [-0.25, -0.2) is 9.97 Å². The summed E-state index contributed by atoms with van der Waals surface area (Å²) in [5.41, 5.74) is 1.11. The Bertz CT molecular complexity index is 261.